The first kappa shape index (κ1) is 14.7. The quantitative estimate of drug-likeness (QED) is 0.881. The molecule has 1 aliphatic heterocycles. The van der Waals surface area contributed by atoms with Crippen molar-refractivity contribution in [2.75, 3.05) is 18.5 Å². The smallest absolute Gasteiger partial charge is 0.161 e. The Kier molecular flexibility index (Phi) is 3.94. The number of nitrogens with zero attached hydrogens (tertiary/aromatic N) is 2. The molecule has 114 valence electrons. The number of fused-ring (bicyclic) bond motifs is 1. The van der Waals surface area contributed by atoms with Crippen LogP contribution in [0.4, 0.5) is 5.69 Å². The van der Waals surface area contributed by atoms with Gasteiger partial charge in [-0.25, -0.2) is 0 Å². The Hall–Kier alpha value is -2.20. The molecule has 1 aromatic heterocycles. The van der Waals surface area contributed by atoms with Crippen molar-refractivity contribution in [3.05, 3.63) is 47.8 Å². The lowest BCUT2D eigenvalue weighted by Crippen LogP contribution is -2.40. The lowest BCUT2D eigenvalue weighted by atomic mass is 10.0. The number of benzene rings is 1. The van der Waals surface area contributed by atoms with Crippen molar-refractivity contribution in [2.45, 2.75) is 26.4 Å². The topological polar surface area (TPSA) is 45.2 Å². The van der Waals surface area contributed by atoms with E-state index >= 15 is 0 Å². The van der Waals surface area contributed by atoms with Crippen LogP contribution in [0.1, 0.15) is 29.8 Å². The minimum Gasteiger partial charge on any atom is -0.356 e. The number of anilines is 1. The van der Waals surface area contributed by atoms with Gasteiger partial charge in [0.1, 0.15) is 0 Å². The molecule has 0 bridgehead atoms. The van der Waals surface area contributed by atoms with E-state index in [-0.39, 0.29) is 5.78 Å². The Morgan fingerprint density at radius 1 is 1.27 bits per heavy atom. The minimum atomic E-state index is 0.0459. The molecule has 0 spiro atoms. The summed E-state index contributed by atoms with van der Waals surface area (Å²) >= 11 is 0. The molecule has 2 heterocycles. The highest BCUT2D eigenvalue weighted by Crippen LogP contribution is 2.33. The van der Waals surface area contributed by atoms with Gasteiger partial charge in [0.25, 0.3) is 0 Å². The van der Waals surface area contributed by atoms with E-state index in [9.17, 15) is 4.79 Å². The third kappa shape index (κ3) is 2.62. The molecular formula is C18H21N3O. The normalized spacial score (nSPS) is 14.8. The van der Waals surface area contributed by atoms with E-state index < -0.39 is 0 Å². The Balaban J connectivity index is 1.95. The predicted molar refractivity (Wildman–Crippen MR) is 89.2 cm³/mol. The van der Waals surface area contributed by atoms with Gasteiger partial charge in [-0.3, -0.25) is 9.78 Å². The van der Waals surface area contributed by atoms with Gasteiger partial charge in [0.2, 0.25) is 0 Å². The maximum Gasteiger partial charge on any atom is 0.161 e. The van der Waals surface area contributed by atoms with Crippen LogP contribution in [-0.4, -0.2) is 30.5 Å². The molecule has 1 aliphatic rings. The van der Waals surface area contributed by atoms with E-state index in [1.165, 1.54) is 11.3 Å². The maximum absolute atomic E-state index is 11.5. The zero-order valence-corrected chi connectivity index (χ0v) is 13.3. The first-order valence-corrected chi connectivity index (χ1v) is 7.63. The van der Waals surface area contributed by atoms with Crippen LogP contribution in [0.2, 0.25) is 0 Å². The van der Waals surface area contributed by atoms with Crippen molar-refractivity contribution in [1.29, 1.82) is 0 Å². The van der Waals surface area contributed by atoms with E-state index in [4.69, 9.17) is 0 Å². The number of aromatic nitrogens is 1. The highest BCUT2D eigenvalue weighted by Gasteiger charge is 2.22. The number of carbonyl (C=O) groups is 1. The van der Waals surface area contributed by atoms with Crippen molar-refractivity contribution < 1.29 is 4.79 Å². The number of hydrogen-bond acceptors (Lipinski definition) is 4. The van der Waals surface area contributed by atoms with E-state index in [1.54, 1.807) is 13.1 Å². The molecule has 1 atom stereocenters. The predicted octanol–water partition coefficient (Wildman–Crippen LogP) is 2.88. The van der Waals surface area contributed by atoms with E-state index in [0.717, 1.165) is 24.1 Å². The molecule has 1 N–H and O–H groups in total. The molecule has 3 rings (SSSR count). The SMILES string of the molecule is CNC(C)N1CCc2cc(-c3cncc(C(C)=O)c3)ccc21. The molecule has 0 fully saturated rings. The third-order valence-electron chi connectivity index (χ3n) is 4.37. The fourth-order valence-electron chi connectivity index (χ4n) is 2.96. The first-order valence-electron chi connectivity index (χ1n) is 7.63. The van der Waals surface area contributed by atoms with Gasteiger partial charge in [0.15, 0.2) is 5.78 Å². The lowest BCUT2D eigenvalue weighted by Gasteiger charge is -2.26. The number of ketones is 1. The molecule has 0 aliphatic carbocycles. The summed E-state index contributed by atoms with van der Waals surface area (Å²) in [7, 11) is 1.98. The lowest BCUT2D eigenvalue weighted by molar-refractivity contribution is 0.101. The van der Waals surface area contributed by atoms with Gasteiger partial charge < -0.3 is 10.2 Å². The number of Topliss-reactive ketones (excluding diaryl/α,β-unsaturated/α-hetero) is 1. The fourth-order valence-corrected chi connectivity index (χ4v) is 2.96. The molecule has 2 aromatic rings. The summed E-state index contributed by atoms with van der Waals surface area (Å²) in [4.78, 5) is 18.1. The largest absolute Gasteiger partial charge is 0.356 e. The van der Waals surface area contributed by atoms with Crippen LogP contribution in [0.3, 0.4) is 0 Å². The van der Waals surface area contributed by atoms with Crippen molar-refractivity contribution in [2.24, 2.45) is 0 Å². The van der Waals surface area contributed by atoms with Crippen LogP contribution in [0.25, 0.3) is 11.1 Å². The second-order valence-corrected chi connectivity index (χ2v) is 5.77. The van der Waals surface area contributed by atoms with Crippen molar-refractivity contribution in [3.8, 4) is 11.1 Å². The molecule has 0 saturated carbocycles. The van der Waals surface area contributed by atoms with E-state index in [2.05, 4.69) is 40.3 Å². The molecule has 0 radical (unpaired) electrons. The summed E-state index contributed by atoms with van der Waals surface area (Å²) in [6, 6.07) is 8.42. The maximum atomic E-state index is 11.5. The summed E-state index contributed by atoms with van der Waals surface area (Å²) in [5.74, 6) is 0.0459. The summed E-state index contributed by atoms with van der Waals surface area (Å²) in [5, 5.41) is 3.29. The van der Waals surface area contributed by atoms with Gasteiger partial charge in [-0.2, -0.15) is 0 Å². The summed E-state index contributed by atoms with van der Waals surface area (Å²) in [5.41, 5.74) is 5.42. The number of nitrogens with one attached hydrogen (secondary N) is 1. The van der Waals surface area contributed by atoms with Gasteiger partial charge in [0.05, 0.1) is 6.17 Å². The average Bonchev–Trinajstić information content (AvgIpc) is 2.97. The van der Waals surface area contributed by atoms with Gasteiger partial charge in [-0.1, -0.05) is 6.07 Å². The molecule has 1 aromatic carbocycles. The summed E-state index contributed by atoms with van der Waals surface area (Å²) in [6.07, 6.45) is 4.82. The zero-order valence-electron chi connectivity index (χ0n) is 13.3. The number of rotatable bonds is 4. The number of pyridine rings is 1. The Bertz CT molecular complexity index is 711. The van der Waals surface area contributed by atoms with Crippen LogP contribution < -0.4 is 10.2 Å². The van der Waals surface area contributed by atoms with E-state index in [1.807, 2.05) is 19.3 Å². The van der Waals surface area contributed by atoms with Crippen LogP contribution in [-0.2, 0) is 6.42 Å². The second kappa shape index (κ2) is 5.89. The molecule has 4 heteroatoms. The summed E-state index contributed by atoms with van der Waals surface area (Å²) in [6.45, 7) is 4.77. The van der Waals surface area contributed by atoms with Crippen LogP contribution in [0, 0.1) is 0 Å². The van der Waals surface area contributed by atoms with Crippen LogP contribution >= 0.6 is 0 Å². The fraction of sp³-hybridized carbons (Fsp3) is 0.333. The Morgan fingerprint density at radius 2 is 2.09 bits per heavy atom. The van der Waals surface area contributed by atoms with Gasteiger partial charge in [-0.15, -0.1) is 0 Å². The zero-order chi connectivity index (χ0) is 15.7. The number of carbonyl (C=O) groups excluding carboxylic acids is 1. The molecule has 0 amide bonds. The van der Waals surface area contributed by atoms with Crippen LogP contribution in [0.5, 0.6) is 0 Å². The highest BCUT2D eigenvalue weighted by molar-refractivity contribution is 5.94. The van der Waals surface area contributed by atoms with Gasteiger partial charge in [-0.05, 0) is 56.6 Å². The molecular weight excluding hydrogens is 274 g/mol. The standard InChI is InChI=1S/C18H21N3O/c1-12(22)16-9-17(11-20-10-16)14-4-5-18-15(8-14)6-7-21(18)13(2)19-3/h4-5,8-11,13,19H,6-7H2,1-3H3. The summed E-state index contributed by atoms with van der Waals surface area (Å²) < 4.78 is 0. The van der Waals surface area contributed by atoms with E-state index in [0.29, 0.717) is 11.7 Å². The van der Waals surface area contributed by atoms with Gasteiger partial charge >= 0.3 is 0 Å². The third-order valence-corrected chi connectivity index (χ3v) is 4.37. The van der Waals surface area contributed by atoms with Crippen LogP contribution in [0.15, 0.2) is 36.7 Å². The first-order chi connectivity index (χ1) is 10.6. The Labute approximate surface area is 131 Å². The molecule has 0 saturated heterocycles. The Morgan fingerprint density at radius 3 is 2.82 bits per heavy atom. The molecule has 4 nitrogen and oxygen atoms in total. The highest BCUT2D eigenvalue weighted by atomic mass is 16.1. The molecule has 1 unspecified atom stereocenters. The number of hydrogen-bond donors (Lipinski definition) is 1. The average molecular weight is 295 g/mol. The monoisotopic (exact) mass is 295 g/mol. The molecule has 22 heavy (non-hydrogen) atoms. The second-order valence-electron chi connectivity index (χ2n) is 5.77. The van der Waals surface area contributed by atoms with Gasteiger partial charge in [0, 0.05) is 35.8 Å². The van der Waals surface area contributed by atoms with Crippen molar-refractivity contribution in [1.82, 2.24) is 10.3 Å². The minimum absolute atomic E-state index is 0.0459. The van der Waals surface area contributed by atoms with Crippen molar-refractivity contribution in [3.63, 3.8) is 0 Å². The van der Waals surface area contributed by atoms with Crippen molar-refractivity contribution >= 4 is 11.5 Å².